The summed E-state index contributed by atoms with van der Waals surface area (Å²) >= 11 is 0. The van der Waals surface area contributed by atoms with E-state index in [0.717, 1.165) is 0 Å². The second kappa shape index (κ2) is 5.26. The molecule has 0 aromatic carbocycles. The predicted molar refractivity (Wildman–Crippen MR) is 61.9 cm³/mol. The zero-order valence-electron chi connectivity index (χ0n) is 10.1. The van der Waals surface area contributed by atoms with Crippen LogP contribution in [0.15, 0.2) is 23.3 Å². The lowest BCUT2D eigenvalue weighted by molar-refractivity contribution is 0.430. The molecule has 0 saturated carbocycles. The highest BCUT2D eigenvalue weighted by Crippen LogP contribution is 2.25. The lowest BCUT2D eigenvalue weighted by Gasteiger charge is -2.19. The Bertz CT molecular complexity index is 200. The van der Waals surface area contributed by atoms with Crippen LogP contribution in [0.1, 0.15) is 54.4 Å². The molecular weight excluding hydrogens is 156 g/mol. The third kappa shape index (κ3) is 6.62. The van der Waals surface area contributed by atoms with Gasteiger partial charge in [0.05, 0.1) is 0 Å². The molecule has 0 N–H and O–H groups in total. The molecule has 0 aromatic heterocycles. The average Bonchev–Trinajstić information content (AvgIpc) is 1.81. The Labute approximate surface area is 83.7 Å². The van der Waals surface area contributed by atoms with Crippen molar-refractivity contribution in [2.24, 2.45) is 5.41 Å². The maximum Gasteiger partial charge on any atom is -0.0169 e. The summed E-state index contributed by atoms with van der Waals surface area (Å²) in [6.45, 7) is 13.3. The minimum atomic E-state index is 0.352. The van der Waals surface area contributed by atoms with E-state index in [2.05, 4.69) is 53.7 Å². The number of allylic oxidation sites excluding steroid dienone is 4. The van der Waals surface area contributed by atoms with E-state index in [-0.39, 0.29) is 0 Å². The Morgan fingerprint density at radius 2 is 1.69 bits per heavy atom. The molecule has 0 aliphatic rings. The van der Waals surface area contributed by atoms with Gasteiger partial charge >= 0.3 is 0 Å². The molecule has 0 atom stereocenters. The van der Waals surface area contributed by atoms with Crippen molar-refractivity contribution in [1.29, 1.82) is 0 Å². The summed E-state index contributed by atoms with van der Waals surface area (Å²) in [6.07, 6.45) is 7.15. The van der Waals surface area contributed by atoms with E-state index in [9.17, 15) is 0 Å². The highest BCUT2D eigenvalue weighted by atomic mass is 14.2. The number of hydrogen-bond donors (Lipinski definition) is 0. The van der Waals surface area contributed by atoms with Crippen LogP contribution in [0.4, 0.5) is 0 Å². The van der Waals surface area contributed by atoms with Gasteiger partial charge in [0.1, 0.15) is 0 Å². The van der Waals surface area contributed by atoms with Crippen LogP contribution in [0.5, 0.6) is 0 Å². The number of hydrogen-bond acceptors (Lipinski definition) is 0. The van der Waals surface area contributed by atoms with Gasteiger partial charge in [0.2, 0.25) is 0 Å². The van der Waals surface area contributed by atoms with Gasteiger partial charge in [-0.2, -0.15) is 0 Å². The third-order valence-corrected chi connectivity index (χ3v) is 2.03. The van der Waals surface area contributed by atoms with Crippen molar-refractivity contribution in [3.8, 4) is 0 Å². The lowest BCUT2D eigenvalue weighted by atomic mass is 9.86. The molecule has 0 fully saturated rings. The summed E-state index contributed by atoms with van der Waals surface area (Å²) in [6, 6.07) is 0. The summed E-state index contributed by atoms with van der Waals surface area (Å²) < 4.78 is 0. The van der Waals surface area contributed by atoms with E-state index in [4.69, 9.17) is 0 Å². The van der Waals surface area contributed by atoms with Gasteiger partial charge in [-0.15, -0.1) is 0 Å². The van der Waals surface area contributed by atoms with E-state index in [1.807, 2.05) is 0 Å². The van der Waals surface area contributed by atoms with Crippen molar-refractivity contribution in [2.75, 3.05) is 0 Å². The lowest BCUT2D eigenvalue weighted by Crippen LogP contribution is -2.06. The molecule has 0 saturated heterocycles. The Balaban J connectivity index is 4.44. The molecule has 0 bridgehead atoms. The Morgan fingerprint density at radius 1 is 1.15 bits per heavy atom. The average molecular weight is 180 g/mol. The van der Waals surface area contributed by atoms with E-state index in [1.165, 1.54) is 24.0 Å². The van der Waals surface area contributed by atoms with Gasteiger partial charge in [-0.1, -0.05) is 50.5 Å². The first-order valence-electron chi connectivity index (χ1n) is 5.22. The van der Waals surface area contributed by atoms with Crippen molar-refractivity contribution >= 4 is 0 Å². The van der Waals surface area contributed by atoms with Gasteiger partial charge in [-0.3, -0.25) is 0 Å². The molecule has 0 amide bonds. The Kier molecular flexibility index (Phi) is 5.05. The van der Waals surface area contributed by atoms with E-state index in [0.29, 0.717) is 5.41 Å². The van der Waals surface area contributed by atoms with E-state index >= 15 is 0 Å². The van der Waals surface area contributed by atoms with Crippen LogP contribution in [0.25, 0.3) is 0 Å². The maximum absolute atomic E-state index is 2.38. The standard InChI is InChI=1S/C13H24/c1-7-8-13(5,6)10-12(4)9-11(2)3/h9-10H,7-8H2,1-6H3. The van der Waals surface area contributed by atoms with Gasteiger partial charge in [0, 0.05) is 0 Å². The summed E-state index contributed by atoms with van der Waals surface area (Å²) in [5.41, 5.74) is 3.12. The normalized spacial score (nSPS) is 12.9. The molecule has 0 unspecified atom stereocenters. The summed E-state index contributed by atoms with van der Waals surface area (Å²) in [5, 5.41) is 0. The molecule has 0 aromatic rings. The van der Waals surface area contributed by atoms with Crippen LogP contribution in [0.3, 0.4) is 0 Å². The van der Waals surface area contributed by atoms with Gasteiger partial charge in [-0.05, 0) is 32.6 Å². The van der Waals surface area contributed by atoms with Gasteiger partial charge in [-0.25, -0.2) is 0 Å². The molecule has 13 heavy (non-hydrogen) atoms. The van der Waals surface area contributed by atoms with Crippen molar-refractivity contribution < 1.29 is 0 Å². The minimum Gasteiger partial charge on any atom is -0.0762 e. The minimum absolute atomic E-state index is 0.352. The SMILES string of the molecule is CCCC(C)(C)C=C(C)C=C(C)C. The molecule has 0 spiro atoms. The van der Waals surface area contributed by atoms with Crippen molar-refractivity contribution in [3.05, 3.63) is 23.3 Å². The highest BCUT2D eigenvalue weighted by molar-refractivity contribution is 5.21. The highest BCUT2D eigenvalue weighted by Gasteiger charge is 2.12. The molecule has 0 nitrogen and oxygen atoms in total. The molecular formula is C13H24. The fourth-order valence-electron chi connectivity index (χ4n) is 1.83. The van der Waals surface area contributed by atoms with Crippen LogP contribution in [-0.4, -0.2) is 0 Å². The van der Waals surface area contributed by atoms with Crippen LogP contribution in [0.2, 0.25) is 0 Å². The van der Waals surface area contributed by atoms with Crippen LogP contribution in [0, 0.1) is 5.41 Å². The fourth-order valence-corrected chi connectivity index (χ4v) is 1.83. The molecule has 0 aliphatic carbocycles. The number of rotatable bonds is 4. The molecule has 0 radical (unpaired) electrons. The van der Waals surface area contributed by atoms with E-state index < -0.39 is 0 Å². The van der Waals surface area contributed by atoms with E-state index in [1.54, 1.807) is 0 Å². The quantitative estimate of drug-likeness (QED) is 0.549. The van der Waals surface area contributed by atoms with Crippen molar-refractivity contribution in [3.63, 3.8) is 0 Å². The Morgan fingerprint density at radius 3 is 2.08 bits per heavy atom. The fraction of sp³-hybridized carbons (Fsp3) is 0.692. The van der Waals surface area contributed by atoms with Crippen LogP contribution >= 0.6 is 0 Å². The maximum atomic E-state index is 2.38. The molecule has 0 aliphatic heterocycles. The monoisotopic (exact) mass is 180 g/mol. The Hall–Kier alpha value is -0.520. The first-order chi connectivity index (χ1) is 5.87. The predicted octanol–water partition coefficient (Wildman–Crippen LogP) is 4.73. The van der Waals surface area contributed by atoms with Crippen molar-refractivity contribution in [2.45, 2.75) is 54.4 Å². The smallest absolute Gasteiger partial charge is 0.0169 e. The topological polar surface area (TPSA) is 0 Å². The first kappa shape index (κ1) is 12.5. The molecule has 0 heterocycles. The summed E-state index contributed by atoms with van der Waals surface area (Å²) in [5.74, 6) is 0. The molecule has 76 valence electrons. The van der Waals surface area contributed by atoms with Crippen molar-refractivity contribution in [1.82, 2.24) is 0 Å². The largest absolute Gasteiger partial charge is 0.0762 e. The summed E-state index contributed by atoms with van der Waals surface area (Å²) in [4.78, 5) is 0. The second-order valence-electron chi connectivity index (χ2n) is 4.85. The molecule has 0 heteroatoms. The second-order valence-corrected chi connectivity index (χ2v) is 4.85. The van der Waals surface area contributed by atoms with Gasteiger partial charge in [0.15, 0.2) is 0 Å². The zero-order valence-corrected chi connectivity index (χ0v) is 10.1. The van der Waals surface area contributed by atoms with Gasteiger partial charge in [0.25, 0.3) is 0 Å². The zero-order chi connectivity index (χ0) is 10.5. The van der Waals surface area contributed by atoms with Crippen LogP contribution < -0.4 is 0 Å². The van der Waals surface area contributed by atoms with Crippen LogP contribution in [-0.2, 0) is 0 Å². The molecule has 0 rings (SSSR count). The first-order valence-corrected chi connectivity index (χ1v) is 5.22. The summed E-state index contributed by atoms with van der Waals surface area (Å²) in [7, 11) is 0. The van der Waals surface area contributed by atoms with Gasteiger partial charge < -0.3 is 0 Å². The third-order valence-electron chi connectivity index (χ3n) is 2.03.